The summed E-state index contributed by atoms with van der Waals surface area (Å²) in [5.41, 5.74) is 7.90. The Bertz CT molecular complexity index is 589. The number of benzene rings is 1. The Morgan fingerprint density at radius 1 is 1.35 bits per heavy atom. The molecule has 0 saturated heterocycles. The van der Waals surface area contributed by atoms with Gasteiger partial charge in [-0.3, -0.25) is 0 Å². The number of nitrogens with zero attached hydrogens (tertiary/aromatic N) is 2. The second kappa shape index (κ2) is 6.95. The van der Waals surface area contributed by atoms with Crippen molar-refractivity contribution in [2.24, 2.45) is 0 Å². The second-order valence-corrected chi connectivity index (χ2v) is 5.90. The first-order chi connectivity index (χ1) is 9.61. The third-order valence-corrected chi connectivity index (χ3v) is 3.71. The number of nitrogen functional groups attached to an aromatic ring is 1. The van der Waals surface area contributed by atoms with Gasteiger partial charge in [0, 0.05) is 29.4 Å². The molecule has 0 fully saturated rings. The van der Waals surface area contributed by atoms with Crippen LogP contribution in [0.3, 0.4) is 0 Å². The van der Waals surface area contributed by atoms with Crippen molar-refractivity contribution in [3.63, 3.8) is 0 Å². The normalized spacial score (nSPS) is 10.6. The van der Waals surface area contributed by atoms with Gasteiger partial charge in [-0.2, -0.15) is 0 Å². The third kappa shape index (κ3) is 3.64. The fourth-order valence-corrected chi connectivity index (χ4v) is 2.80. The van der Waals surface area contributed by atoms with Gasteiger partial charge in [0.2, 0.25) is 0 Å². The minimum atomic E-state index is 0.641. The van der Waals surface area contributed by atoms with Crippen molar-refractivity contribution in [1.82, 2.24) is 4.98 Å². The lowest BCUT2D eigenvalue weighted by Crippen LogP contribution is -2.25. The van der Waals surface area contributed by atoms with Crippen molar-refractivity contribution in [3.05, 3.63) is 51.6 Å². The minimum absolute atomic E-state index is 0.641. The maximum atomic E-state index is 6.30. The number of halogens is 2. The van der Waals surface area contributed by atoms with Crippen molar-refractivity contribution < 1.29 is 0 Å². The first kappa shape index (κ1) is 15.1. The van der Waals surface area contributed by atoms with Crippen LogP contribution in [0.25, 0.3) is 0 Å². The molecule has 3 nitrogen and oxygen atoms in total. The highest BCUT2D eigenvalue weighted by molar-refractivity contribution is 9.10. The topological polar surface area (TPSA) is 42.1 Å². The molecule has 0 aliphatic heterocycles. The zero-order chi connectivity index (χ0) is 14.5. The van der Waals surface area contributed by atoms with Crippen LogP contribution in [0.4, 0.5) is 11.5 Å². The number of rotatable bonds is 5. The van der Waals surface area contributed by atoms with Crippen molar-refractivity contribution in [3.8, 4) is 0 Å². The van der Waals surface area contributed by atoms with E-state index in [0.717, 1.165) is 34.5 Å². The molecule has 1 aromatic heterocycles. The lowest BCUT2D eigenvalue weighted by atomic mass is 10.1. The van der Waals surface area contributed by atoms with Crippen LogP contribution in [-0.4, -0.2) is 11.5 Å². The van der Waals surface area contributed by atoms with E-state index in [0.29, 0.717) is 11.6 Å². The van der Waals surface area contributed by atoms with Gasteiger partial charge in [0.15, 0.2) is 0 Å². The van der Waals surface area contributed by atoms with E-state index in [-0.39, 0.29) is 0 Å². The Morgan fingerprint density at radius 3 is 2.75 bits per heavy atom. The van der Waals surface area contributed by atoms with Crippen LogP contribution < -0.4 is 10.6 Å². The van der Waals surface area contributed by atoms with Crippen LogP contribution >= 0.6 is 27.5 Å². The molecule has 2 aromatic rings. The van der Waals surface area contributed by atoms with Crippen LogP contribution in [0.5, 0.6) is 0 Å². The van der Waals surface area contributed by atoms with E-state index in [9.17, 15) is 0 Å². The molecule has 20 heavy (non-hydrogen) atoms. The highest BCUT2D eigenvalue weighted by Gasteiger charge is 2.13. The molecule has 0 amide bonds. The molecule has 0 radical (unpaired) electrons. The zero-order valence-corrected chi connectivity index (χ0v) is 13.7. The quantitative estimate of drug-likeness (QED) is 0.804. The van der Waals surface area contributed by atoms with Crippen LogP contribution in [0.15, 0.2) is 41.0 Å². The molecule has 0 bridgehead atoms. The summed E-state index contributed by atoms with van der Waals surface area (Å²) in [5.74, 6) is 0.792. The number of hydrogen-bond acceptors (Lipinski definition) is 3. The van der Waals surface area contributed by atoms with Gasteiger partial charge in [-0.15, -0.1) is 0 Å². The summed E-state index contributed by atoms with van der Waals surface area (Å²) in [4.78, 5) is 6.58. The number of para-hydroxylation sites is 1. The monoisotopic (exact) mass is 353 g/mol. The average molecular weight is 355 g/mol. The molecule has 0 aliphatic rings. The maximum absolute atomic E-state index is 6.30. The van der Waals surface area contributed by atoms with Crippen molar-refractivity contribution in [2.45, 2.75) is 19.9 Å². The van der Waals surface area contributed by atoms with Gasteiger partial charge >= 0.3 is 0 Å². The molecule has 0 aliphatic carbocycles. The molecule has 2 N–H and O–H groups in total. The fraction of sp³-hybridized carbons (Fsp3) is 0.267. The van der Waals surface area contributed by atoms with Gasteiger partial charge in [-0.25, -0.2) is 4.98 Å². The predicted octanol–water partition coefficient (Wildman–Crippen LogP) is 4.50. The second-order valence-electron chi connectivity index (χ2n) is 4.58. The van der Waals surface area contributed by atoms with E-state index in [1.165, 1.54) is 0 Å². The third-order valence-electron chi connectivity index (χ3n) is 3.00. The highest BCUT2D eigenvalue weighted by Crippen LogP contribution is 2.28. The molecule has 1 heterocycles. The zero-order valence-electron chi connectivity index (χ0n) is 11.3. The molecule has 0 atom stereocenters. The first-order valence-electron chi connectivity index (χ1n) is 6.51. The molecule has 0 unspecified atom stereocenters. The fourth-order valence-electron chi connectivity index (χ4n) is 2.05. The van der Waals surface area contributed by atoms with Crippen molar-refractivity contribution in [2.75, 3.05) is 17.2 Å². The lowest BCUT2D eigenvalue weighted by Gasteiger charge is -2.25. The highest BCUT2D eigenvalue weighted by atomic mass is 79.9. The molecule has 0 spiro atoms. The van der Waals surface area contributed by atoms with Crippen molar-refractivity contribution >= 4 is 39.0 Å². The lowest BCUT2D eigenvalue weighted by molar-refractivity contribution is 0.755. The molecule has 5 heteroatoms. The summed E-state index contributed by atoms with van der Waals surface area (Å²) in [6.45, 7) is 3.71. The predicted molar refractivity (Wildman–Crippen MR) is 89.1 cm³/mol. The molecule has 1 aromatic carbocycles. The van der Waals surface area contributed by atoms with Gasteiger partial charge in [0.1, 0.15) is 5.82 Å². The average Bonchev–Trinajstić information content (AvgIpc) is 2.41. The summed E-state index contributed by atoms with van der Waals surface area (Å²) in [5, 5.41) is 0.641. The summed E-state index contributed by atoms with van der Waals surface area (Å²) in [6, 6.07) is 9.74. The van der Waals surface area contributed by atoms with Crippen LogP contribution in [0, 0.1) is 0 Å². The van der Waals surface area contributed by atoms with Gasteiger partial charge in [0.05, 0.1) is 5.02 Å². The Labute approximate surface area is 132 Å². The first-order valence-corrected chi connectivity index (χ1v) is 7.68. The molecule has 2 rings (SSSR count). The molecule has 0 saturated carbocycles. The molecular formula is C15H17BrClN3. The van der Waals surface area contributed by atoms with E-state index in [1.54, 1.807) is 6.20 Å². The Kier molecular flexibility index (Phi) is 5.26. The van der Waals surface area contributed by atoms with E-state index >= 15 is 0 Å². The van der Waals surface area contributed by atoms with E-state index in [1.807, 2.05) is 30.3 Å². The largest absolute Gasteiger partial charge is 0.398 e. The number of anilines is 2. The summed E-state index contributed by atoms with van der Waals surface area (Å²) >= 11 is 9.68. The summed E-state index contributed by atoms with van der Waals surface area (Å²) < 4.78 is 0.877. The standard InChI is InChI=1S/C15H17BrClN3/c1-2-7-20(10-11-5-3-4-6-14(11)18)15-13(17)8-12(16)9-19-15/h3-6,8-9H,2,7,10,18H2,1H3. The van der Waals surface area contributed by atoms with Gasteiger partial charge < -0.3 is 10.6 Å². The Balaban J connectivity index is 2.29. The minimum Gasteiger partial charge on any atom is -0.398 e. The van der Waals surface area contributed by atoms with E-state index in [2.05, 4.69) is 32.7 Å². The number of hydrogen-bond donors (Lipinski definition) is 1. The Morgan fingerprint density at radius 2 is 2.10 bits per heavy atom. The van der Waals surface area contributed by atoms with Crippen LogP contribution in [-0.2, 0) is 6.54 Å². The molecular weight excluding hydrogens is 338 g/mol. The smallest absolute Gasteiger partial charge is 0.147 e. The molecule has 106 valence electrons. The number of pyridine rings is 1. The van der Waals surface area contributed by atoms with Gasteiger partial charge in [-0.05, 0) is 40.0 Å². The van der Waals surface area contributed by atoms with Crippen LogP contribution in [0.1, 0.15) is 18.9 Å². The maximum Gasteiger partial charge on any atom is 0.147 e. The van der Waals surface area contributed by atoms with Crippen LogP contribution in [0.2, 0.25) is 5.02 Å². The number of nitrogens with two attached hydrogens (primary N) is 1. The summed E-state index contributed by atoms with van der Waals surface area (Å²) in [6.07, 6.45) is 2.78. The van der Waals surface area contributed by atoms with Gasteiger partial charge in [0.25, 0.3) is 0 Å². The SMILES string of the molecule is CCCN(Cc1ccccc1N)c1ncc(Br)cc1Cl. The summed E-state index contributed by atoms with van der Waals surface area (Å²) in [7, 11) is 0. The van der Waals surface area contributed by atoms with E-state index in [4.69, 9.17) is 17.3 Å². The van der Waals surface area contributed by atoms with Gasteiger partial charge in [-0.1, -0.05) is 36.7 Å². The number of aromatic nitrogens is 1. The van der Waals surface area contributed by atoms with E-state index < -0.39 is 0 Å². The van der Waals surface area contributed by atoms with Crippen molar-refractivity contribution in [1.29, 1.82) is 0 Å². The Hall–Kier alpha value is -1.26.